The predicted octanol–water partition coefficient (Wildman–Crippen LogP) is 3.84. The Balaban J connectivity index is 2.30. The van der Waals surface area contributed by atoms with Crippen LogP contribution in [-0.4, -0.2) is 23.7 Å². The maximum absolute atomic E-state index is 11.9. The zero-order chi connectivity index (χ0) is 14.3. The van der Waals surface area contributed by atoms with Gasteiger partial charge in [-0.05, 0) is 42.8 Å². The average molecular weight is 292 g/mol. The Kier molecular flexibility index (Phi) is 6.21. The number of hydrogen-bond donors (Lipinski definition) is 0. The standard InChI is InChI=1S/C13H15F3O2S/c1-10(17)2-3-11-4-6-12(7-5-11)18-8-9-19-13(14,15)16/h4-7H,2-3,8-9H2,1H3. The number of thioether (sulfide) groups is 1. The van der Waals surface area contributed by atoms with Crippen molar-refractivity contribution in [2.45, 2.75) is 25.3 Å². The number of ketones is 1. The maximum Gasteiger partial charge on any atom is 0.441 e. The number of carbonyl (C=O) groups is 1. The molecule has 0 N–H and O–H groups in total. The number of aryl methyl sites for hydroxylation is 1. The van der Waals surface area contributed by atoms with Crippen LogP contribution in [0.3, 0.4) is 0 Å². The van der Waals surface area contributed by atoms with Crippen LogP contribution in [0.1, 0.15) is 18.9 Å². The Morgan fingerprint density at radius 2 is 1.89 bits per heavy atom. The Bertz CT molecular complexity index is 401. The minimum atomic E-state index is -4.21. The van der Waals surface area contributed by atoms with E-state index in [1.54, 1.807) is 12.1 Å². The van der Waals surface area contributed by atoms with Crippen LogP contribution < -0.4 is 4.74 Å². The lowest BCUT2D eigenvalue weighted by Crippen LogP contribution is -2.07. The van der Waals surface area contributed by atoms with E-state index in [4.69, 9.17) is 4.74 Å². The summed E-state index contributed by atoms with van der Waals surface area (Å²) in [6.07, 6.45) is 1.15. The van der Waals surface area contributed by atoms with Crippen molar-refractivity contribution in [3.8, 4) is 5.75 Å². The summed E-state index contributed by atoms with van der Waals surface area (Å²) >= 11 is -0.0952. The van der Waals surface area contributed by atoms with E-state index in [1.165, 1.54) is 6.92 Å². The summed E-state index contributed by atoms with van der Waals surface area (Å²) in [5, 5.41) is 0. The van der Waals surface area contributed by atoms with E-state index in [9.17, 15) is 18.0 Å². The lowest BCUT2D eigenvalue weighted by atomic mass is 10.1. The van der Waals surface area contributed by atoms with E-state index in [0.717, 1.165) is 5.56 Å². The van der Waals surface area contributed by atoms with Gasteiger partial charge in [-0.3, -0.25) is 0 Å². The molecule has 0 bridgehead atoms. The molecule has 0 heterocycles. The molecule has 0 aliphatic carbocycles. The molecule has 19 heavy (non-hydrogen) atoms. The molecule has 2 nitrogen and oxygen atoms in total. The summed E-state index contributed by atoms with van der Waals surface area (Å²) in [5.74, 6) is 0.536. The van der Waals surface area contributed by atoms with Crippen molar-refractivity contribution in [2.24, 2.45) is 0 Å². The Morgan fingerprint density at radius 1 is 1.26 bits per heavy atom. The highest BCUT2D eigenvalue weighted by Gasteiger charge is 2.27. The number of ether oxygens (including phenoxy) is 1. The molecule has 0 saturated heterocycles. The van der Waals surface area contributed by atoms with Crippen LogP contribution in [-0.2, 0) is 11.2 Å². The highest BCUT2D eigenvalue weighted by atomic mass is 32.2. The maximum atomic E-state index is 11.9. The molecule has 0 aliphatic rings. The van der Waals surface area contributed by atoms with Gasteiger partial charge in [-0.1, -0.05) is 12.1 Å². The molecule has 0 fully saturated rings. The average Bonchev–Trinajstić information content (AvgIpc) is 2.32. The molecule has 106 valence electrons. The van der Waals surface area contributed by atoms with Gasteiger partial charge in [0, 0.05) is 12.2 Å². The van der Waals surface area contributed by atoms with Gasteiger partial charge in [-0.25, -0.2) is 0 Å². The van der Waals surface area contributed by atoms with Gasteiger partial charge in [0.2, 0.25) is 0 Å². The molecular formula is C13H15F3O2S. The third-order valence-electron chi connectivity index (χ3n) is 2.31. The molecule has 0 saturated carbocycles. The zero-order valence-corrected chi connectivity index (χ0v) is 11.3. The number of rotatable bonds is 7. The van der Waals surface area contributed by atoms with Crippen LogP contribution >= 0.6 is 11.8 Å². The number of halogens is 3. The van der Waals surface area contributed by atoms with E-state index in [2.05, 4.69) is 0 Å². The van der Waals surface area contributed by atoms with Gasteiger partial charge < -0.3 is 9.53 Å². The first kappa shape index (κ1) is 15.9. The monoisotopic (exact) mass is 292 g/mol. The molecule has 6 heteroatoms. The Morgan fingerprint density at radius 3 is 2.42 bits per heavy atom. The molecule has 0 spiro atoms. The van der Waals surface area contributed by atoms with Crippen LogP contribution in [0, 0.1) is 0 Å². The molecule has 0 atom stereocenters. The predicted molar refractivity (Wildman–Crippen MR) is 69.5 cm³/mol. The number of Topliss-reactive ketones (excluding diaryl/α,β-unsaturated/α-hetero) is 1. The van der Waals surface area contributed by atoms with Crippen LogP contribution in [0.4, 0.5) is 13.2 Å². The minimum Gasteiger partial charge on any atom is -0.493 e. The van der Waals surface area contributed by atoms with Crippen LogP contribution in [0.25, 0.3) is 0 Å². The normalized spacial score (nSPS) is 11.4. The van der Waals surface area contributed by atoms with E-state index in [-0.39, 0.29) is 29.9 Å². The summed E-state index contributed by atoms with van der Waals surface area (Å²) in [4.78, 5) is 10.8. The third kappa shape index (κ3) is 7.77. The lowest BCUT2D eigenvalue weighted by molar-refractivity contribution is -0.116. The first-order valence-electron chi connectivity index (χ1n) is 5.79. The smallest absolute Gasteiger partial charge is 0.441 e. The summed E-state index contributed by atoms with van der Waals surface area (Å²) in [7, 11) is 0. The number of alkyl halides is 3. The molecule has 0 aromatic heterocycles. The summed E-state index contributed by atoms with van der Waals surface area (Å²) in [5.41, 5.74) is -3.20. The van der Waals surface area contributed by atoms with Crippen LogP contribution in [0.15, 0.2) is 24.3 Å². The third-order valence-corrected chi connectivity index (χ3v) is 3.00. The van der Waals surface area contributed by atoms with Crippen LogP contribution in [0.5, 0.6) is 5.75 Å². The molecule has 1 aromatic rings. The molecule has 1 aromatic carbocycles. The molecular weight excluding hydrogens is 277 g/mol. The van der Waals surface area contributed by atoms with Crippen molar-refractivity contribution in [3.05, 3.63) is 29.8 Å². The van der Waals surface area contributed by atoms with Gasteiger partial charge >= 0.3 is 5.51 Å². The molecule has 0 aliphatic heterocycles. The van der Waals surface area contributed by atoms with Gasteiger partial charge in [0.15, 0.2) is 0 Å². The van der Waals surface area contributed by atoms with Gasteiger partial charge in [0.25, 0.3) is 0 Å². The largest absolute Gasteiger partial charge is 0.493 e. The second kappa shape index (κ2) is 7.43. The van der Waals surface area contributed by atoms with Crippen LogP contribution in [0.2, 0.25) is 0 Å². The zero-order valence-electron chi connectivity index (χ0n) is 10.5. The molecule has 1 rings (SSSR count). The summed E-state index contributed by atoms with van der Waals surface area (Å²) in [6.45, 7) is 1.55. The fourth-order valence-corrected chi connectivity index (χ4v) is 1.79. The fraction of sp³-hybridized carbons (Fsp3) is 0.462. The van der Waals surface area contributed by atoms with E-state index >= 15 is 0 Å². The number of hydrogen-bond acceptors (Lipinski definition) is 3. The highest BCUT2D eigenvalue weighted by Crippen LogP contribution is 2.29. The second-order valence-electron chi connectivity index (χ2n) is 3.99. The SMILES string of the molecule is CC(=O)CCc1ccc(OCCSC(F)(F)F)cc1. The van der Waals surface area contributed by atoms with Gasteiger partial charge in [0.1, 0.15) is 11.5 Å². The van der Waals surface area contributed by atoms with Gasteiger partial charge in [-0.15, -0.1) is 0 Å². The minimum absolute atomic E-state index is 0.0109. The quantitative estimate of drug-likeness (QED) is 0.714. The van der Waals surface area contributed by atoms with E-state index in [0.29, 0.717) is 18.6 Å². The van der Waals surface area contributed by atoms with Gasteiger partial charge in [0.05, 0.1) is 6.61 Å². The van der Waals surface area contributed by atoms with E-state index in [1.807, 2.05) is 12.1 Å². The molecule has 0 amide bonds. The van der Waals surface area contributed by atoms with Gasteiger partial charge in [-0.2, -0.15) is 13.2 Å². The number of carbonyl (C=O) groups excluding carboxylic acids is 1. The number of benzene rings is 1. The highest BCUT2D eigenvalue weighted by molar-refractivity contribution is 8.00. The first-order chi connectivity index (χ1) is 8.87. The molecule has 0 radical (unpaired) electrons. The summed E-state index contributed by atoms with van der Waals surface area (Å²) < 4.78 is 40.8. The second-order valence-corrected chi connectivity index (χ2v) is 5.15. The molecule has 0 unspecified atom stereocenters. The summed E-state index contributed by atoms with van der Waals surface area (Å²) in [6, 6.07) is 7.03. The van der Waals surface area contributed by atoms with E-state index < -0.39 is 5.51 Å². The fourth-order valence-electron chi connectivity index (χ4n) is 1.39. The van der Waals surface area contributed by atoms with Crippen molar-refractivity contribution in [3.63, 3.8) is 0 Å². The van der Waals surface area contributed by atoms with Crippen molar-refractivity contribution in [1.29, 1.82) is 0 Å². The Labute approximate surface area is 114 Å². The first-order valence-corrected chi connectivity index (χ1v) is 6.77. The van der Waals surface area contributed by atoms with Crippen molar-refractivity contribution < 1.29 is 22.7 Å². The Hall–Kier alpha value is -1.17. The van der Waals surface area contributed by atoms with Crippen molar-refractivity contribution >= 4 is 17.5 Å². The topological polar surface area (TPSA) is 26.3 Å². The lowest BCUT2D eigenvalue weighted by Gasteiger charge is -2.08. The van der Waals surface area contributed by atoms with Crippen molar-refractivity contribution in [1.82, 2.24) is 0 Å². The van der Waals surface area contributed by atoms with Crippen molar-refractivity contribution in [2.75, 3.05) is 12.4 Å².